The van der Waals surface area contributed by atoms with Gasteiger partial charge in [-0.25, -0.2) is 4.98 Å². The molecule has 0 saturated heterocycles. The van der Waals surface area contributed by atoms with Crippen LogP contribution in [0.4, 0.5) is 17.1 Å². The zero-order valence-electron chi connectivity index (χ0n) is 22.0. The van der Waals surface area contributed by atoms with E-state index in [1.807, 2.05) is 42.1 Å². The Bertz CT molecular complexity index is 1790. The van der Waals surface area contributed by atoms with Gasteiger partial charge in [0.15, 0.2) is 0 Å². The molecule has 0 fully saturated rings. The Balaban J connectivity index is 1.22. The molecule has 5 aromatic carbocycles. The van der Waals surface area contributed by atoms with E-state index in [1.165, 1.54) is 21.2 Å². The predicted octanol–water partition coefficient (Wildman–Crippen LogP) is 10.5. The molecule has 2 heterocycles. The molecule has 0 aliphatic carbocycles. The number of aryl methyl sites for hydroxylation is 1. The van der Waals surface area contributed by atoms with Gasteiger partial charge in [-0.05, 0) is 73.2 Å². The highest BCUT2D eigenvalue weighted by atomic mass is 32.2. The average molecular weight is 535 g/mol. The molecule has 192 valence electrons. The standard InChI is InChI=1S/C36H26N2OS/c1-25-21-22-29(24-30(25)32-16-10-15-31(37-32)26-11-3-2-4-12-26)39-28-14-9-13-27(23-28)38-33-17-5-7-19-35(33)40-36-20-8-6-18-34(36)38/h2-24H,1H3. The molecule has 0 bridgehead atoms. The Labute approximate surface area is 238 Å². The van der Waals surface area contributed by atoms with E-state index >= 15 is 0 Å². The number of benzene rings is 5. The zero-order valence-corrected chi connectivity index (χ0v) is 22.8. The molecule has 0 saturated carbocycles. The summed E-state index contributed by atoms with van der Waals surface area (Å²) in [6.45, 7) is 2.11. The number of nitrogens with zero attached hydrogens (tertiary/aromatic N) is 2. The van der Waals surface area contributed by atoms with Crippen LogP contribution in [0.2, 0.25) is 0 Å². The van der Waals surface area contributed by atoms with E-state index < -0.39 is 0 Å². The fraction of sp³-hybridized carbons (Fsp3) is 0.0278. The molecule has 0 N–H and O–H groups in total. The largest absolute Gasteiger partial charge is 0.457 e. The summed E-state index contributed by atoms with van der Waals surface area (Å²) in [5, 5.41) is 0. The van der Waals surface area contributed by atoms with E-state index in [-0.39, 0.29) is 0 Å². The number of rotatable bonds is 5. The lowest BCUT2D eigenvalue weighted by molar-refractivity contribution is 0.483. The van der Waals surface area contributed by atoms with Gasteiger partial charge in [0, 0.05) is 32.7 Å². The van der Waals surface area contributed by atoms with Crippen LogP contribution in [0.1, 0.15) is 5.56 Å². The van der Waals surface area contributed by atoms with Crippen LogP contribution in [0.3, 0.4) is 0 Å². The molecule has 0 amide bonds. The lowest BCUT2D eigenvalue weighted by Crippen LogP contribution is -2.14. The summed E-state index contributed by atoms with van der Waals surface area (Å²) in [5.41, 5.74) is 8.59. The number of hydrogen-bond donors (Lipinski definition) is 0. The highest BCUT2D eigenvalue weighted by molar-refractivity contribution is 7.99. The Morgan fingerprint density at radius 2 is 1.23 bits per heavy atom. The Morgan fingerprint density at radius 1 is 0.575 bits per heavy atom. The molecule has 7 rings (SSSR count). The third-order valence-electron chi connectivity index (χ3n) is 7.05. The lowest BCUT2D eigenvalue weighted by Gasteiger charge is -2.32. The van der Waals surface area contributed by atoms with E-state index in [0.717, 1.165) is 45.3 Å². The molecular formula is C36H26N2OS. The second-order valence-electron chi connectivity index (χ2n) is 9.72. The van der Waals surface area contributed by atoms with Crippen molar-refractivity contribution in [2.45, 2.75) is 16.7 Å². The number of para-hydroxylation sites is 2. The Kier molecular flexibility index (Phi) is 6.31. The molecule has 0 atom stereocenters. The maximum absolute atomic E-state index is 6.46. The minimum Gasteiger partial charge on any atom is -0.457 e. The summed E-state index contributed by atoms with van der Waals surface area (Å²) >= 11 is 1.81. The van der Waals surface area contributed by atoms with Crippen molar-refractivity contribution in [3.05, 3.63) is 145 Å². The first-order valence-corrected chi connectivity index (χ1v) is 14.1. The smallest absolute Gasteiger partial charge is 0.129 e. The maximum atomic E-state index is 6.46. The van der Waals surface area contributed by atoms with Gasteiger partial charge in [0.25, 0.3) is 0 Å². The first kappa shape index (κ1) is 24.3. The van der Waals surface area contributed by atoms with Gasteiger partial charge in [-0.3, -0.25) is 0 Å². The first-order valence-electron chi connectivity index (χ1n) is 13.3. The molecule has 1 aliphatic heterocycles. The molecule has 4 heteroatoms. The van der Waals surface area contributed by atoms with Gasteiger partial charge in [0.2, 0.25) is 0 Å². The molecule has 0 unspecified atom stereocenters. The summed E-state index contributed by atoms with van der Waals surface area (Å²) in [6.07, 6.45) is 0. The quantitative estimate of drug-likeness (QED) is 0.219. The number of fused-ring (bicyclic) bond motifs is 2. The van der Waals surface area contributed by atoms with Gasteiger partial charge >= 0.3 is 0 Å². The lowest BCUT2D eigenvalue weighted by atomic mass is 10.0. The summed E-state index contributed by atoms with van der Waals surface area (Å²) in [5.74, 6) is 1.56. The fourth-order valence-electron chi connectivity index (χ4n) is 5.10. The van der Waals surface area contributed by atoms with Crippen LogP contribution in [0.15, 0.2) is 149 Å². The zero-order chi connectivity index (χ0) is 26.9. The van der Waals surface area contributed by atoms with Crippen LogP contribution in [0.5, 0.6) is 11.5 Å². The van der Waals surface area contributed by atoms with Gasteiger partial charge in [0.05, 0.1) is 22.8 Å². The third kappa shape index (κ3) is 4.63. The summed E-state index contributed by atoms with van der Waals surface area (Å²) < 4.78 is 6.46. The SMILES string of the molecule is Cc1ccc(Oc2cccc(N3c4ccccc4Sc4ccccc43)c2)cc1-c1cccc(-c2ccccc2)n1. The minimum absolute atomic E-state index is 0.777. The molecule has 1 aromatic heterocycles. The monoisotopic (exact) mass is 534 g/mol. The predicted molar refractivity (Wildman–Crippen MR) is 165 cm³/mol. The maximum Gasteiger partial charge on any atom is 0.129 e. The molecule has 6 aromatic rings. The highest BCUT2D eigenvalue weighted by Crippen LogP contribution is 2.51. The van der Waals surface area contributed by atoms with E-state index in [1.54, 1.807) is 0 Å². The van der Waals surface area contributed by atoms with Crippen molar-refractivity contribution in [1.82, 2.24) is 4.98 Å². The number of hydrogen-bond acceptors (Lipinski definition) is 4. The van der Waals surface area contributed by atoms with Gasteiger partial charge in [-0.15, -0.1) is 0 Å². The molecule has 0 spiro atoms. The van der Waals surface area contributed by atoms with Crippen LogP contribution in [0.25, 0.3) is 22.5 Å². The van der Waals surface area contributed by atoms with E-state index in [0.29, 0.717) is 0 Å². The van der Waals surface area contributed by atoms with E-state index in [4.69, 9.17) is 9.72 Å². The number of aromatic nitrogens is 1. The van der Waals surface area contributed by atoms with Gasteiger partial charge in [0.1, 0.15) is 11.5 Å². The molecule has 1 aliphatic rings. The average Bonchev–Trinajstić information content (AvgIpc) is 3.01. The number of pyridine rings is 1. The topological polar surface area (TPSA) is 25.4 Å². The van der Waals surface area contributed by atoms with Crippen molar-refractivity contribution >= 4 is 28.8 Å². The van der Waals surface area contributed by atoms with Crippen LogP contribution in [0, 0.1) is 6.92 Å². The van der Waals surface area contributed by atoms with Crippen molar-refractivity contribution < 1.29 is 4.74 Å². The normalized spacial score (nSPS) is 12.0. The van der Waals surface area contributed by atoms with Crippen LogP contribution >= 0.6 is 11.8 Å². The highest BCUT2D eigenvalue weighted by Gasteiger charge is 2.24. The molecule has 40 heavy (non-hydrogen) atoms. The van der Waals surface area contributed by atoms with Crippen molar-refractivity contribution in [1.29, 1.82) is 0 Å². The minimum atomic E-state index is 0.777. The van der Waals surface area contributed by atoms with Crippen molar-refractivity contribution in [2.24, 2.45) is 0 Å². The summed E-state index contributed by atoms with van der Waals surface area (Å²) in [6, 6.07) is 48.0. The van der Waals surface area contributed by atoms with Crippen LogP contribution in [-0.4, -0.2) is 4.98 Å². The number of anilines is 3. The van der Waals surface area contributed by atoms with Gasteiger partial charge < -0.3 is 9.64 Å². The second-order valence-corrected chi connectivity index (χ2v) is 10.8. The van der Waals surface area contributed by atoms with Crippen LogP contribution in [-0.2, 0) is 0 Å². The van der Waals surface area contributed by atoms with Gasteiger partial charge in [-0.1, -0.05) is 84.6 Å². The third-order valence-corrected chi connectivity index (χ3v) is 8.18. The molecule has 3 nitrogen and oxygen atoms in total. The van der Waals surface area contributed by atoms with Crippen molar-refractivity contribution in [2.75, 3.05) is 4.90 Å². The van der Waals surface area contributed by atoms with E-state index in [2.05, 4.69) is 121 Å². The van der Waals surface area contributed by atoms with Crippen molar-refractivity contribution in [3.8, 4) is 34.0 Å². The molecule has 0 radical (unpaired) electrons. The van der Waals surface area contributed by atoms with Gasteiger partial charge in [-0.2, -0.15) is 0 Å². The first-order chi connectivity index (χ1) is 19.7. The number of ether oxygens (including phenoxy) is 1. The Morgan fingerprint density at radius 3 is 2.00 bits per heavy atom. The van der Waals surface area contributed by atoms with Crippen LogP contribution < -0.4 is 9.64 Å². The fourth-order valence-corrected chi connectivity index (χ4v) is 6.16. The summed E-state index contributed by atoms with van der Waals surface area (Å²) in [7, 11) is 0. The van der Waals surface area contributed by atoms with E-state index in [9.17, 15) is 0 Å². The van der Waals surface area contributed by atoms with Crippen molar-refractivity contribution in [3.63, 3.8) is 0 Å². The molecular weight excluding hydrogens is 508 g/mol. The Hall–Kier alpha value is -4.80. The summed E-state index contributed by atoms with van der Waals surface area (Å²) in [4.78, 5) is 9.76. The second kappa shape index (κ2) is 10.4.